The van der Waals surface area contributed by atoms with Crippen LogP contribution in [-0.2, 0) is 117 Å². The average Bonchev–Trinajstić information content (AvgIpc) is 1.56. The zero-order valence-corrected chi connectivity index (χ0v) is 84.7. The van der Waals surface area contributed by atoms with Crippen LogP contribution in [0.4, 0.5) is 23.3 Å². The van der Waals surface area contributed by atoms with E-state index in [-0.39, 0.29) is 101 Å². The highest BCUT2D eigenvalue weighted by Gasteiger charge is 2.57. The largest absolute Gasteiger partial charge is 0.478 e. The van der Waals surface area contributed by atoms with Crippen LogP contribution in [0.1, 0.15) is 159 Å². The van der Waals surface area contributed by atoms with Gasteiger partial charge < -0.3 is 59.6 Å². The Balaban J connectivity index is 0.000000223. The SMILES string of the molecule is C.C.C.CC(=O)c1cnc2c(c1)C[C@@]1(C2)C(=O)N(COCC[Si](C)(C)C)c2ncccc21.CO.COC(=O)c1cc(Br)cnc1C(=O)OC.C[Si](C)(C)CCOCN1C(=O)C2(Cc3cc(Br)cnc3C2)c2cccnc21.C[Si](C)(C)CCOCN1C(=O)Cc2cccnc21.O=C(O)c1cccnc1C(=O)O.O=C(O)c1cnc2c(c1)C[C@@]1(C2)C(=O)Nc2ncccc21.OCc1cc(Br)cnc1CO. The van der Waals surface area contributed by atoms with E-state index < -0.39 is 76.0 Å². The molecule has 0 aromatic carbocycles. The maximum atomic E-state index is 13.6. The number of carbonyl (C=O) groups excluding carboxylic acids is 7. The van der Waals surface area contributed by atoms with Gasteiger partial charge in [0.15, 0.2) is 17.2 Å². The number of fused-ring (bicyclic) bond motifs is 10. The number of pyridine rings is 10. The molecule has 3 spiro atoms. The predicted octanol–water partition coefficient (Wildman–Crippen LogP) is 15.0. The van der Waals surface area contributed by atoms with E-state index in [2.05, 4.69) is 177 Å². The average molecular weight is 2140 g/mol. The van der Waals surface area contributed by atoms with Crippen LogP contribution in [0.2, 0.25) is 77.1 Å². The van der Waals surface area contributed by atoms with Gasteiger partial charge in [0.25, 0.3) is 0 Å². The van der Waals surface area contributed by atoms with Crippen molar-refractivity contribution in [3.8, 4) is 0 Å². The van der Waals surface area contributed by atoms with E-state index >= 15 is 0 Å². The molecule has 4 aliphatic heterocycles. The molecule has 3 aliphatic carbocycles. The number of nitrogens with one attached hydrogen (secondary N) is 1. The number of carbonyl (C=O) groups is 10. The van der Waals surface area contributed by atoms with Gasteiger partial charge in [0, 0.05) is 196 Å². The lowest BCUT2D eigenvalue weighted by Gasteiger charge is -2.23. The molecule has 10 aromatic heterocycles. The number of esters is 2. The van der Waals surface area contributed by atoms with E-state index in [9.17, 15) is 47.9 Å². The van der Waals surface area contributed by atoms with Gasteiger partial charge in [-0.05, 0) is 176 Å². The molecular weight excluding hydrogens is 2020 g/mol. The summed E-state index contributed by atoms with van der Waals surface area (Å²) >= 11 is 9.85. The Bertz CT molecular complexity index is 6060. The van der Waals surface area contributed by atoms with Crippen LogP contribution < -0.4 is 20.0 Å². The molecule has 138 heavy (non-hydrogen) atoms. The molecule has 35 nitrogen and oxygen atoms in total. The van der Waals surface area contributed by atoms with Gasteiger partial charge in [-0.15, -0.1) is 0 Å². The van der Waals surface area contributed by atoms with Crippen LogP contribution in [-0.4, -0.2) is 225 Å². The molecule has 0 fully saturated rings. The van der Waals surface area contributed by atoms with E-state index in [0.717, 1.165) is 108 Å². The number of methoxy groups -OCH3 is 2. The molecule has 0 radical (unpaired) electrons. The van der Waals surface area contributed by atoms with Crippen molar-refractivity contribution in [2.24, 2.45) is 0 Å². The third-order valence-electron chi connectivity index (χ3n) is 22.7. The normalized spacial score (nSPS) is 16.4. The zero-order chi connectivity index (χ0) is 98.7. The van der Waals surface area contributed by atoms with E-state index in [4.69, 9.17) is 44.8 Å². The highest BCUT2D eigenvalue weighted by molar-refractivity contribution is 9.11. The topological polar surface area (TPSA) is 489 Å². The van der Waals surface area contributed by atoms with Crippen LogP contribution in [0.25, 0.3) is 0 Å². The molecule has 7 N–H and O–H groups in total. The lowest BCUT2D eigenvalue weighted by molar-refractivity contribution is -0.124. The van der Waals surface area contributed by atoms with Crippen LogP contribution in [0, 0.1) is 0 Å². The molecule has 0 saturated carbocycles. The van der Waals surface area contributed by atoms with Crippen molar-refractivity contribution < 1.29 is 102 Å². The van der Waals surface area contributed by atoms with Gasteiger partial charge in [-0.3, -0.25) is 58.6 Å². The van der Waals surface area contributed by atoms with Gasteiger partial charge in [-0.2, -0.15) is 0 Å². The number of aliphatic hydroxyl groups excluding tert-OH is 3. The minimum atomic E-state index is -1.34. The van der Waals surface area contributed by atoms with Gasteiger partial charge in [-0.1, -0.05) is 105 Å². The maximum Gasteiger partial charge on any atom is 0.357 e. The molecule has 17 rings (SSSR count). The summed E-state index contributed by atoms with van der Waals surface area (Å²) in [6.45, 7) is 25.0. The number of rotatable bonds is 23. The number of carboxylic acids is 3. The van der Waals surface area contributed by atoms with Crippen molar-refractivity contribution in [2.75, 3.05) is 81.4 Å². The number of amides is 4. The Kier molecular flexibility index (Phi) is 40.8. The van der Waals surface area contributed by atoms with Crippen molar-refractivity contribution in [2.45, 2.75) is 181 Å². The zero-order valence-electron chi connectivity index (χ0n) is 76.9. The molecule has 7 aliphatic rings. The van der Waals surface area contributed by atoms with Gasteiger partial charge in [0.1, 0.15) is 43.5 Å². The molecule has 41 heteroatoms. The van der Waals surface area contributed by atoms with E-state index in [1.54, 1.807) is 76.3 Å². The van der Waals surface area contributed by atoms with E-state index in [0.29, 0.717) is 97.8 Å². The number of aromatic carboxylic acids is 3. The first-order valence-corrected chi connectivity index (χ1v) is 56.2. The van der Waals surface area contributed by atoms with Crippen molar-refractivity contribution >= 4 is 155 Å². The molecule has 14 heterocycles. The Morgan fingerprint density at radius 1 is 0.435 bits per heavy atom. The van der Waals surface area contributed by atoms with Gasteiger partial charge in [-0.25, -0.2) is 53.9 Å². The number of nitrogens with zero attached hydrogens (tertiary/aromatic N) is 13. The number of halogens is 3. The summed E-state index contributed by atoms with van der Waals surface area (Å²) in [5, 5.41) is 53.4. The highest BCUT2D eigenvalue weighted by atomic mass is 79.9. The van der Waals surface area contributed by atoms with Gasteiger partial charge >= 0.3 is 29.8 Å². The standard InChI is InChI=1S/C22H27N3O3Si.C20H24BrN3O2Si.C15H11N3O3.C13H20N2O2Si.C9H8BrNO4.C7H8BrNO2.C7H5NO4.CH4O.3CH4/c1-15(26)17-10-16-11-22(12-19(16)24-13-17)18-6-5-7-23-20(18)25(21(22)27)14-28-8-9-29(2,3)4;1-27(2,3)8-7-26-13-24-18-16(5-4-6-22-18)20(19(24)25)10-14-9-15(21)12-23-17(14)11-20;19-13(20)9-4-8-5-15(6-11(8)17-7-9)10-2-1-3-16-12(10)18-14(15)21;1-18(2,3)8-7-17-10-15-12(16)9-11-5-4-6-14-13(11)15;1-14-8(12)6-3-5(10)4-11-7(6)9(13)15-2;8-6-1-5(3-10)7(4-11)9-2-6;9-6(10)4-2-1-3-8-5(4)7(11)12;1-2;;;/h5-7,10,13H,8-9,11-12,14H2,1-4H3;4-6,9,12H,7-8,10-11,13H2,1-3H3;1-4,7H,5-6H2,(H,19,20)(H,16,18,21);4-6H,7-10H2,1-3H3;3-4H,1-2H3;1-2,10-11H,3-4H2;1-3H,(H,9,10)(H,11,12);2H,1H3;3*1H4/t22-;;15-;;;;;;;;/m0.0......../s1. The minimum Gasteiger partial charge on any atom is -0.478 e. The second-order valence-corrected chi connectivity index (χ2v) is 55.4. The van der Waals surface area contributed by atoms with E-state index in [1.807, 2.05) is 48.5 Å². The Morgan fingerprint density at radius 2 is 0.862 bits per heavy atom. The second-order valence-electron chi connectivity index (χ2n) is 35.8. The van der Waals surface area contributed by atoms with Crippen molar-refractivity contribution in [3.05, 3.63) is 267 Å². The lowest BCUT2D eigenvalue weighted by Crippen LogP contribution is -2.42. The van der Waals surface area contributed by atoms with Crippen molar-refractivity contribution in [3.63, 3.8) is 0 Å². The Labute approximate surface area is 830 Å². The van der Waals surface area contributed by atoms with Crippen molar-refractivity contribution in [1.29, 1.82) is 0 Å². The lowest BCUT2D eigenvalue weighted by atomic mass is 9.79. The highest BCUT2D eigenvalue weighted by Crippen LogP contribution is 2.51. The molecule has 10 aromatic rings. The summed E-state index contributed by atoms with van der Waals surface area (Å²) in [6.07, 6.45) is 19.5. The minimum absolute atomic E-state index is 0. The van der Waals surface area contributed by atoms with Crippen LogP contribution >= 0.6 is 47.8 Å². The Hall–Kier alpha value is -11.7. The fraction of sp³-hybridized carbons (Fsp3) is 0.381. The molecule has 0 saturated heterocycles. The molecule has 0 bridgehead atoms. The third-order valence-corrected chi connectivity index (χ3v) is 29.2. The predicted molar refractivity (Wildman–Crippen MR) is 538 cm³/mol. The summed E-state index contributed by atoms with van der Waals surface area (Å²) in [6, 6.07) is 29.9. The number of Topliss-reactive ketones (excluding diaryl/α,β-unsaturated/α-hetero) is 1. The first-order valence-electron chi connectivity index (χ1n) is 42.7. The number of aromatic nitrogens is 10. The summed E-state index contributed by atoms with van der Waals surface area (Å²) in [5.41, 5.74) is 8.58. The summed E-state index contributed by atoms with van der Waals surface area (Å²) in [7, 11) is 0.0227. The number of ketones is 1. The molecule has 736 valence electrons. The number of hydrogen-bond donors (Lipinski definition) is 7. The molecular formula is C97H119Br3N14O21Si3. The van der Waals surface area contributed by atoms with Crippen molar-refractivity contribution in [1.82, 2.24) is 49.8 Å². The first kappa shape index (κ1) is 113. The molecule has 4 amide bonds. The smallest absolute Gasteiger partial charge is 0.357 e. The fourth-order valence-electron chi connectivity index (χ4n) is 15.7. The number of anilines is 4. The number of carboxylic acid groups (broad SMARTS) is 3. The van der Waals surface area contributed by atoms with Crippen LogP contribution in [0.15, 0.2) is 166 Å². The van der Waals surface area contributed by atoms with Gasteiger partial charge in [0.05, 0.1) is 72.5 Å². The number of ether oxygens (including phenoxy) is 5. The van der Waals surface area contributed by atoms with E-state index in [1.165, 1.54) is 57.9 Å². The number of hydrogen-bond acceptors (Lipinski definition) is 28. The molecule has 1 unspecified atom stereocenters. The summed E-state index contributed by atoms with van der Waals surface area (Å²) < 4.78 is 28.7. The number of aliphatic hydroxyl groups is 3. The maximum absolute atomic E-state index is 13.6. The van der Waals surface area contributed by atoms with Crippen LogP contribution in [0.3, 0.4) is 0 Å². The Morgan fingerprint density at radius 3 is 1.35 bits per heavy atom. The fourth-order valence-corrected chi connectivity index (χ4v) is 19.1. The second kappa shape index (κ2) is 49.7. The first-order chi connectivity index (χ1) is 64.1. The monoisotopic (exact) mass is 2140 g/mol. The quantitative estimate of drug-likeness (QED) is 0.0135. The molecule has 3 atom stereocenters. The summed E-state index contributed by atoms with van der Waals surface area (Å²) in [4.78, 5) is 164. The van der Waals surface area contributed by atoms with Crippen LogP contribution in [0.5, 0.6) is 0 Å². The van der Waals surface area contributed by atoms with Gasteiger partial charge in [0.2, 0.25) is 23.6 Å². The third kappa shape index (κ3) is 27.4. The summed E-state index contributed by atoms with van der Waals surface area (Å²) in [5.74, 6) is -2.11.